The van der Waals surface area contributed by atoms with Crippen LogP contribution in [0.3, 0.4) is 0 Å². The van der Waals surface area contributed by atoms with Gasteiger partial charge in [-0.2, -0.15) is 0 Å². The predicted molar refractivity (Wildman–Crippen MR) is 114 cm³/mol. The van der Waals surface area contributed by atoms with Crippen molar-refractivity contribution in [2.24, 2.45) is 0 Å². The van der Waals surface area contributed by atoms with E-state index < -0.39 is 7.14 Å². The standard InChI is InChI=1S/C24H23O2P/c1-20(17-21-11-5-2-6-12-21)18-22(25)19-27(26,23-13-7-3-8-14-23)24-15-9-4-10-16-24/h2-17H,18-19H2,1H3. The first-order valence-electron chi connectivity index (χ1n) is 9.02. The van der Waals surface area contributed by atoms with Gasteiger partial charge in [-0.05, 0) is 12.5 Å². The molecule has 0 heterocycles. The van der Waals surface area contributed by atoms with Crippen LogP contribution in [-0.4, -0.2) is 11.9 Å². The molecule has 0 atom stereocenters. The lowest BCUT2D eigenvalue weighted by atomic mass is 10.1. The average molecular weight is 374 g/mol. The topological polar surface area (TPSA) is 34.1 Å². The van der Waals surface area contributed by atoms with Crippen molar-refractivity contribution >= 4 is 29.6 Å². The molecule has 0 aliphatic carbocycles. The van der Waals surface area contributed by atoms with Crippen molar-refractivity contribution < 1.29 is 9.36 Å². The fraction of sp³-hybridized carbons (Fsp3) is 0.125. The minimum Gasteiger partial charge on any atom is -0.313 e. The SMILES string of the molecule is CC(=Cc1ccccc1)CC(=O)CP(=O)(c1ccccc1)c1ccccc1. The van der Waals surface area contributed by atoms with Crippen LogP contribution in [0.4, 0.5) is 0 Å². The number of benzene rings is 3. The molecular formula is C24H23O2P. The second kappa shape index (κ2) is 8.79. The number of hydrogen-bond donors (Lipinski definition) is 0. The van der Waals surface area contributed by atoms with E-state index >= 15 is 0 Å². The zero-order valence-corrected chi connectivity index (χ0v) is 16.3. The van der Waals surface area contributed by atoms with Crippen LogP contribution >= 0.6 is 7.14 Å². The van der Waals surface area contributed by atoms with E-state index in [1.54, 1.807) is 0 Å². The molecule has 3 aromatic rings. The van der Waals surface area contributed by atoms with Crippen molar-refractivity contribution in [1.29, 1.82) is 0 Å². The summed E-state index contributed by atoms with van der Waals surface area (Å²) < 4.78 is 13.9. The van der Waals surface area contributed by atoms with Gasteiger partial charge in [0.25, 0.3) is 0 Å². The Morgan fingerprint density at radius 1 is 0.778 bits per heavy atom. The van der Waals surface area contributed by atoms with E-state index in [1.165, 1.54) is 0 Å². The third-order valence-corrected chi connectivity index (χ3v) is 7.50. The summed E-state index contributed by atoms with van der Waals surface area (Å²) in [4.78, 5) is 12.8. The summed E-state index contributed by atoms with van der Waals surface area (Å²) in [6, 6.07) is 28.6. The van der Waals surface area contributed by atoms with Crippen molar-refractivity contribution in [3.05, 3.63) is 102 Å². The molecule has 0 fully saturated rings. The van der Waals surface area contributed by atoms with Crippen LogP contribution in [0.1, 0.15) is 18.9 Å². The fourth-order valence-corrected chi connectivity index (χ4v) is 5.75. The Labute approximate surface area is 160 Å². The number of hydrogen-bond acceptors (Lipinski definition) is 2. The van der Waals surface area contributed by atoms with Crippen LogP contribution in [0.25, 0.3) is 6.08 Å². The maximum absolute atomic E-state index is 13.9. The van der Waals surface area contributed by atoms with Gasteiger partial charge in [-0.1, -0.05) is 103 Å². The highest BCUT2D eigenvalue weighted by atomic mass is 31.2. The first-order valence-corrected chi connectivity index (χ1v) is 10.9. The maximum Gasteiger partial charge on any atom is 0.150 e. The van der Waals surface area contributed by atoms with Gasteiger partial charge in [0, 0.05) is 17.0 Å². The first-order chi connectivity index (χ1) is 13.1. The number of rotatable bonds is 7. The van der Waals surface area contributed by atoms with Crippen molar-refractivity contribution in [2.45, 2.75) is 13.3 Å². The lowest BCUT2D eigenvalue weighted by Crippen LogP contribution is -2.22. The highest BCUT2D eigenvalue weighted by Crippen LogP contribution is 2.43. The Morgan fingerprint density at radius 2 is 1.22 bits per heavy atom. The Hall–Kier alpha value is -2.70. The van der Waals surface area contributed by atoms with Crippen LogP contribution in [0, 0.1) is 0 Å². The van der Waals surface area contributed by atoms with Crippen LogP contribution in [0.15, 0.2) is 96.6 Å². The number of allylic oxidation sites excluding steroid dienone is 1. The monoisotopic (exact) mass is 374 g/mol. The molecule has 0 aliphatic rings. The summed E-state index contributed by atoms with van der Waals surface area (Å²) in [7, 11) is -3.00. The van der Waals surface area contributed by atoms with Crippen LogP contribution in [0.5, 0.6) is 0 Å². The molecule has 136 valence electrons. The zero-order valence-electron chi connectivity index (χ0n) is 15.4. The quantitative estimate of drug-likeness (QED) is 0.542. The van der Waals surface area contributed by atoms with Gasteiger partial charge < -0.3 is 4.57 Å². The summed E-state index contributed by atoms with van der Waals surface area (Å²) in [6.45, 7) is 1.95. The normalized spacial score (nSPS) is 12.0. The molecule has 0 aliphatic heterocycles. The maximum atomic E-state index is 13.9. The predicted octanol–water partition coefficient (Wildman–Crippen LogP) is 5.06. The number of carbonyl (C=O) groups is 1. The lowest BCUT2D eigenvalue weighted by Gasteiger charge is -2.19. The van der Waals surface area contributed by atoms with Gasteiger partial charge in [-0.15, -0.1) is 0 Å². The lowest BCUT2D eigenvalue weighted by molar-refractivity contribution is -0.116. The van der Waals surface area contributed by atoms with Crippen molar-refractivity contribution in [2.75, 3.05) is 6.16 Å². The van der Waals surface area contributed by atoms with Crippen molar-refractivity contribution in [3.63, 3.8) is 0 Å². The number of Topliss-reactive ketones (excluding diaryl/α,β-unsaturated/α-hetero) is 1. The Morgan fingerprint density at radius 3 is 1.70 bits per heavy atom. The van der Waals surface area contributed by atoms with Gasteiger partial charge in [0.1, 0.15) is 12.9 Å². The summed E-state index contributed by atoms with van der Waals surface area (Å²) in [5.74, 6) is -0.00396. The molecule has 0 unspecified atom stereocenters. The smallest absolute Gasteiger partial charge is 0.150 e. The van der Waals surface area contributed by atoms with Gasteiger partial charge in [0.15, 0.2) is 0 Å². The van der Waals surface area contributed by atoms with Gasteiger partial charge in [-0.25, -0.2) is 0 Å². The van der Waals surface area contributed by atoms with Gasteiger partial charge >= 0.3 is 0 Å². The van der Waals surface area contributed by atoms with E-state index in [9.17, 15) is 9.36 Å². The minimum absolute atomic E-state index is 0.00396. The zero-order chi connectivity index (χ0) is 19.1. The van der Waals surface area contributed by atoms with E-state index in [-0.39, 0.29) is 11.9 Å². The summed E-state index contributed by atoms with van der Waals surface area (Å²) in [5.41, 5.74) is 2.04. The number of carbonyl (C=O) groups excluding carboxylic acids is 1. The van der Waals surface area contributed by atoms with E-state index in [4.69, 9.17) is 0 Å². The minimum atomic E-state index is -3.00. The second-order valence-corrected chi connectivity index (χ2v) is 9.51. The molecule has 2 nitrogen and oxygen atoms in total. The summed E-state index contributed by atoms with van der Waals surface area (Å²) >= 11 is 0. The van der Waals surface area contributed by atoms with E-state index in [1.807, 2.05) is 104 Å². The van der Waals surface area contributed by atoms with E-state index in [2.05, 4.69) is 0 Å². The highest BCUT2D eigenvalue weighted by molar-refractivity contribution is 7.79. The Bertz CT molecular complexity index is 918. The first kappa shape index (κ1) is 19.1. The van der Waals surface area contributed by atoms with E-state index in [0.717, 1.165) is 21.7 Å². The molecule has 0 N–H and O–H groups in total. The van der Waals surface area contributed by atoms with Gasteiger partial charge in [-0.3, -0.25) is 4.79 Å². The summed E-state index contributed by atoms with van der Waals surface area (Å²) in [6.07, 6.45) is 2.35. The van der Waals surface area contributed by atoms with Crippen LogP contribution in [-0.2, 0) is 9.36 Å². The third kappa shape index (κ3) is 4.93. The molecule has 3 heteroatoms. The Balaban J connectivity index is 1.84. The molecular weight excluding hydrogens is 351 g/mol. The molecule has 0 aromatic heterocycles. The molecule has 0 amide bonds. The molecule has 0 radical (unpaired) electrons. The molecule has 3 rings (SSSR count). The highest BCUT2D eigenvalue weighted by Gasteiger charge is 2.29. The molecule has 0 saturated carbocycles. The van der Waals surface area contributed by atoms with Crippen molar-refractivity contribution in [1.82, 2.24) is 0 Å². The molecule has 27 heavy (non-hydrogen) atoms. The third-order valence-electron chi connectivity index (χ3n) is 4.43. The average Bonchev–Trinajstić information content (AvgIpc) is 2.69. The summed E-state index contributed by atoms with van der Waals surface area (Å²) in [5, 5.41) is 1.46. The largest absolute Gasteiger partial charge is 0.313 e. The molecule has 0 spiro atoms. The fourth-order valence-electron chi connectivity index (χ4n) is 3.17. The van der Waals surface area contributed by atoms with Crippen LogP contribution < -0.4 is 10.6 Å². The molecule has 0 saturated heterocycles. The van der Waals surface area contributed by atoms with Gasteiger partial charge in [0.2, 0.25) is 0 Å². The van der Waals surface area contributed by atoms with Gasteiger partial charge in [0.05, 0.1) is 6.16 Å². The molecule has 3 aromatic carbocycles. The van der Waals surface area contributed by atoms with Crippen molar-refractivity contribution in [3.8, 4) is 0 Å². The molecule has 0 bridgehead atoms. The second-order valence-electron chi connectivity index (χ2n) is 6.69. The van der Waals surface area contributed by atoms with Crippen LogP contribution in [0.2, 0.25) is 0 Å². The van der Waals surface area contributed by atoms with E-state index in [0.29, 0.717) is 6.42 Å². The number of ketones is 1. The Kier molecular flexibility index (Phi) is 6.21.